The quantitative estimate of drug-likeness (QED) is 0.102. The third-order valence-corrected chi connectivity index (χ3v) is 10.8. The summed E-state index contributed by atoms with van der Waals surface area (Å²) < 4.78 is 104. The molecule has 300 valence electrons. The molecule has 0 saturated carbocycles. The van der Waals surface area contributed by atoms with E-state index < -0.39 is 49.5 Å². The number of aromatic nitrogens is 4. The van der Waals surface area contributed by atoms with Gasteiger partial charge < -0.3 is 28.6 Å². The van der Waals surface area contributed by atoms with Crippen molar-refractivity contribution in [1.82, 2.24) is 29.5 Å². The number of furan rings is 1. The Morgan fingerprint density at radius 1 is 1.07 bits per heavy atom. The minimum Gasteiger partial charge on any atom is -0.491 e. The molecule has 0 radical (unpaired) electrons. The highest BCUT2D eigenvalue weighted by molar-refractivity contribution is 7.22. The minimum absolute atomic E-state index is 0.129. The fraction of sp³-hybridized carbons (Fsp3) is 0.333. The van der Waals surface area contributed by atoms with Crippen LogP contribution in [0.25, 0.3) is 32.0 Å². The smallest absolute Gasteiger partial charge is 0.408 e. The van der Waals surface area contributed by atoms with Crippen LogP contribution in [0.4, 0.5) is 17.6 Å². The number of aliphatic carboxylic acids is 1. The average Bonchev–Trinajstić information content (AvgIpc) is 3.94. The highest BCUT2D eigenvalue weighted by Gasteiger charge is 2.31. The lowest BCUT2D eigenvalue weighted by Gasteiger charge is -2.32. The predicted octanol–water partition coefficient (Wildman–Crippen LogP) is 7.76. The van der Waals surface area contributed by atoms with E-state index >= 15 is 0 Å². The molecule has 0 bridgehead atoms. The fourth-order valence-electron chi connectivity index (χ4n) is 6.23. The number of rotatable bonds is 15. The van der Waals surface area contributed by atoms with E-state index in [4.69, 9.17) is 34.3 Å². The van der Waals surface area contributed by atoms with E-state index in [9.17, 15) is 27.5 Å². The Labute approximate surface area is 337 Å². The number of halogens is 5. The Morgan fingerprint density at radius 3 is 2.60 bits per heavy atom. The van der Waals surface area contributed by atoms with Gasteiger partial charge in [0.25, 0.3) is 6.01 Å². The van der Waals surface area contributed by atoms with Crippen molar-refractivity contribution >= 4 is 39.1 Å². The standard InChI is InChI=1S/C39H37ClF4N6O6S/c1-23-26(7-8-28(34(23)40)53-18-17-49-15-13-48(2)14-16-49)32-33-36(45-22-46-37(33)57-35(32)29-9-10-31(41)55-29)56-30(38(51)52)19-24-5-3-4-6-27(24)54-20-25-11-12-47-50(25)21-39(42,43)44/h3-12,22,30H,13-21H2,1-2H3,(H,51,52)/t30-/m1/s1/i19D,20D2/t19-,30+/m0. The lowest BCUT2D eigenvalue weighted by Crippen LogP contribution is -2.45. The van der Waals surface area contributed by atoms with Gasteiger partial charge in [0, 0.05) is 58.3 Å². The van der Waals surface area contributed by atoms with Crippen LogP contribution in [0.1, 0.15) is 20.9 Å². The summed E-state index contributed by atoms with van der Waals surface area (Å²) in [5.41, 5.74) is 0.722. The van der Waals surface area contributed by atoms with Crippen LogP contribution in [-0.4, -0.2) is 99.3 Å². The third kappa shape index (κ3) is 9.33. The van der Waals surface area contributed by atoms with Crippen molar-refractivity contribution in [2.45, 2.75) is 38.7 Å². The number of likely N-dealkylation sites (N-methyl/N-ethyl adjacent to an activating group) is 1. The Balaban J connectivity index is 1.23. The second-order valence-electron chi connectivity index (χ2n) is 13.1. The number of carboxylic acid groups (broad SMARTS) is 1. The topological polar surface area (TPSA) is 128 Å². The number of para-hydroxylation sites is 1. The van der Waals surface area contributed by atoms with Gasteiger partial charge in [0.1, 0.15) is 48.1 Å². The fourth-order valence-corrected chi connectivity index (χ4v) is 7.56. The van der Waals surface area contributed by atoms with Gasteiger partial charge in [-0.1, -0.05) is 35.9 Å². The zero-order chi connectivity index (χ0) is 42.9. The average molecular weight is 832 g/mol. The van der Waals surface area contributed by atoms with Gasteiger partial charge >= 0.3 is 12.1 Å². The van der Waals surface area contributed by atoms with Crippen molar-refractivity contribution < 1.29 is 50.2 Å². The van der Waals surface area contributed by atoms with Crippen molar-refractivity contribution in [1.29, 1.82) is 0 Å². The number of benzene rings is 2. The van der Waals surface area contributed by atoms with E-state index in [2.05, 4.69) is 31.9 Å². The summed E-state index contributed by atoms with van der Waals surface area (Å²) in [6.07, 6.45) is -6.44. The van der Waals surface area contributed by atoms with Crippen molar-refractivity contribution in [3.8, 4) is 39.1 Å². The van der Waals surface area contributed by atoms with Crippen LogP contribution < -0.4 is 14.2 Å². The molecular weight excluding hydrogens is 792 g/mol. The van der Waals surface area contributed by atoms with Gasteiger partial charge in [0.05, 0.1) is 23.7 Å². The Hall–Kier alpha value is -5.23. The molecule has 57 heavy (non-hydrogen) atoms. The molecule has 0 spiro atoms. The largest absolute Gasteiger partial charge is 0.491 e. The molecule has 1 N–H and O–H groups in total. The number of fused-ring (bicyclic) bond motifs is 1. The maximum absolute atomic E-state index is 14.3. The first kappa shape index (κ1) is 36.1. The molecule has 12 nitrogen and oxygen atoms in total. The SMILES string of the molecule is [2H][C@@H](c1ccccc1OC([2H])([2H])c1ccnn1CC(F)(F)F)[C@@H](Oc1ncnc2sc(-c3ccc(F)o3)c(-c3ccc(OCCN4CCN(C)CC4)c(Cl)c3C)c12)C(=O)O. The van der Waals surface area contributed by atoms with Gasteiger partial charge in [-0.05, 0) is 54.9 Å². The first-order valence-electron chi connectivity index (χ1n) is 19.1. The van der Waals surface area contributed by atoms with Crippen LogP contribution in [0.2, 0.25) is 5.02 Å². The van der Waals surface area contributed by atoms with E-state index in [1.54, 1.807) is 19.1 Å². The van der Waals surface area contributed by atoms with Gasteiger partial charge in [-0.2, -0.15) is 22.7 Å². The van der Waals surface area contributed by atoms with Crippen molar-refractivity contribution in [3.05, 3.63) is 95.0 Å². The Morgan fingerprint density at radius 2 is 1.86 bits per heavy atom. The van der Waals surface area contributed by atoms with Gasteiger partial charge in [-0.25, -0.2) is 14.8 Å². The summed E-state index contributed by atoms with van der Waals surface area (Å²) in [6.45, 7) is 2.10. The predicted molar refractivity (Wildman–Crippen MR) is 205 cm³/mol. The number of carbonyl (C=O) groups is 1. The van der Waals surface area contributed by atoms with Crippen LogP contribution in [0.5, 0.6) is 17.4 Å². The summed E-state index contributed by atoms with van der Waals surface area (Å²) in [5.74, 6) is -1.64. The Kier molecular flexibility index (Phi) is 10.8. The zero-order valence-corrected chi connectivity index (χ0v) is 32.0. The first-order valence-corrected chi connectivity index (χ1v) is 18.7. The number of ether oxygens (including phenoxy) is 3. The van der Waals surface area contributed by atoms with Crippen molar-refractivity contribution in [2.24, 2.45) is 0 Å². The molecule has 2 atom stereocenters. The maximum Gasteiger partial charge on any atom is 0.408 e. The lowest BCUT2D eigenvalue weighted by molar-refractivity contribution is -0.145. The summed E-state index contributed by atoms with van der Waals surface area (Å²) in [5, 5.41) is 14.6. The number of nitrogens with zero attached hydrogens (tertiary/aromatic N) is 6. The highest BCUT2D eigenvalue weighted by atomic mass is 35.5. The normalized spacial score (nSPS) is 16.2. The van der Waals surface area contributed by atoms with Crippen LogP contribution in [-0.2, 0) is 24.3 Å². The van der Waals surface area contributed by atoms with E-state index in [1.165, 1.54) is 30.3 Å². The summed E-state index contributed by atoms with van der Waals surface area (Å²) in [6, 6.07) is 11.6. The molecule has 2 aromatic carbocycles. The minimum atomic E-state index is -4.72. The first-order chi connectivity index (χ1) is 28.5. The maximum atomic E-state index is 14.3. The lowest BCUT2D eigenvalue weighted by atomic mass is 9.97. The van der Waals surface area contributed by atoms with Crippen LogP contribution >= 0.6 is 22.9 Å². The van der Waals surface area contributed by atoms with Gasteiger partial charge in [-0.15, -0.1) is 11.3 Å². The Bertz CT molecular complexity index is 2500. The monoisotopic (exact) mass is 831 g/mol. The van der Waals surface area contributed by atoms with Gasteiger partial charge in [0.15, 0.2) is 0 Å². The van der Waals surface area contributed by atoms with E-state index in [0.717, 1.165) is 62.2 Å². The summed E-state index contributed by atoms with van der Waals surface area (Å²) in [7, 11) is 2.08. The molecule has 1 aliphatic heterocycles. The number of hydrogen-bond donors (Lipinski definition) is 1. The molecule has 1 saturated heterocycles. The molecule has 6 aromatic rings. The van der Waals surface area contributed by atoms with Crippen LogP contribution in [0, 0.1) is 12.9 Å². The molecule has 18 heteroatoms. The number of alkyl halides is 3. The number of piperazine rings is 1. The van der Waals surface area contributed by atoms with E-state index in [0.29, 0.717) is 55.0 Å². The van der Waals surface area contributed by atoms with E-state index in [-0.39, 0.29) is 28.3 Å². The molecule has 4 aromatic heterocycles. The van der Waals surface area contributed by atoms with Crippen LogP contribution in [0.15, 0.2) is 71.5 Å². The number of hydrogen-bond acceptors (Lipinski definition) is 11. The van der Waals surface area contributed by atoms with Gasteiger partial charge in [-0.3, -0.25) is 9.58 Å². The molecule has 7 rings (SSSR count). The second-order valence-corrected chi connectivity index (χ2v) is 14.5. The summed E-state index contributed by atoms with van der Waals surface area (Å²) in [4.78, 5) is 26.9. The van der Waals surface area contributed by atoms with Crippen molar-refractivity contribution in [3.63, 3.8) is 0 Å². The molecule has 5 heterocycles. The zero-order valence-electron chi connectivity index (χ0n) is 33.4. The molecule has 0 aliphatic carbocycles. The molecule has 0 amide bonds. The van der Waals surface area contributed by atoms with E-state index in [1.807, 2.05) is 0 Å². The second kappa shape index (κ2) is 17.1. The van der Waals surface area contributed by atoms with Gasteiger partial charge in [0.2, 0.25) is 12.0 Å². The van der Waals surface area contributed by atoms with Crippen molar-refractivity contribution in [2.75, 3.05) is 46.4 Å². The molecule has 1 aliphatic rings. The number of thiophene rings is 1. The molecule has 1 fully saturated rings. The molecular formula is C39H37ClF4N6O6S. The highest BCUT2D eigenvalue weighted by Crippen LogP contribution is 2.49. The third-order valence-electron chi connectivity index (χ3n) is 9.17. The molecule has 0 unspecified atom stereocenters. The van der Waals surface area contributed by atoms with Crippen LogP contribution in [0.3, 0.4) is 0 Å². The summed E-state index contributed by atoms with van der Waals surface area (Å²) >= 11 is 8.02. The number of carboxylic acids is 1.